The fourth-order valence-corrected chi connectivity index (χ4v) is 3.01. The van der Waals surface area contributed by atoms with Crippen LogP contribution in [0.3, 0.4) is 0 Å². The topological polar surface area (TPSA) is 55.1 Å². The summed E-state index contributed by atoms with van der Waals surface area (Å²) < 4.78 is 0. The summed E-state index contributed by atoms with van der Waals surface area (Å²) in [5.74, 6) is 1.50. The van der Waals surface area contributed by atoms with Crippen molar-refractivity contribution in [2.45, 2.75) is 51.5 Å². The molecule has 0 aliphatic heterocycles. The minimum Gasteiger partial charge on any atom is -0.354 e. The molecular weight excluding hydrogens is 260 g/mol. The van der Waals surface area contributed by atoms with Crippen molar-refractivity contribution in [2.75, 3.05) is 6.54 Å². The van der Waals surface area contributed by atoms with Crippen LogP contribution in [0.25, 0.3) is 0 Å². The summed E-state index contributed by atoms with van der Waals surface area (Å²) in [5.41, 5.74) is 7.23. The van der Waals surface area contributed by atoms with Crippen LogP contribution in [0.5, 0.6) is 0 Å². The molecule has 0 aromatic heterocycles. The van der Waals surface area contributed by atoms with Crippen molar-refractivity contribution in [1.82, 2.24) is 5.32 Å². The number of rotatable bonds is 6. The Labute approximate surface area is 128 Å². The van der Waals surface area contributed by atoms with Crippen LogP contribution in [-0.2, 0) is 11.2 Å². The number of carbonyl (C=O) groups excluding carboxylic acids is 1. The van der Waals surface area contributed by atoms with E-state index >= 15 is 0 Å². The lowest BCUT2D eigenvalue weighted by Gasteiger charge is -2.26. The predicted octanol–water partition coefficient (Wildman–Crippen LogP) is 2.89. The van der Waals surface area contributed by atoms with Gasteiger partial charge in [-0.05, 0) is 43.1 Å². The van der Waals surface area contributed by atoms with Crippen molar-refractivity contribution in [3.8, 4) is 0 Å². The lowest BCUT2D eigenvalue weighted by molar-refractivity contribution is -0.122. The average molecular weight is 288 g/mol. The zero-order valence-corrected chi connectivity index (χ0v) is 13.1. The molecule has 1 unspecified atom stereocenters. The maximum atomic E-state index is 12.0. The molecule has 2 rings (SSSR count). The minimum absolute atomic E-state index is 0.00422. The molecule has 1 aromatic carbocycles. The molecule has 0 heterocycles. The van der Waals surface area contributed by atoms with E-state index < -0.39 is 6.04 Å². The number of nitrogens with two attached hydrogens (primary N) is 1. The summed E-state index contributed by atoms with van der Waals surface area (Å²) >= 11 is 0. The van der Waals surface area contributed by atoms with Gasteiger partial charge in [0.1, 0.15) is 0 Å². The van der Waals surface area contributed by atoms with Gasteiger partial charge in [-0.3, -0.25) is 4.79 Å². The third-order valence-corrected chi connectivity index (χ3v) is 4.62. The summed E-state index contributed by atoms with van der Waals surface area (Å²) in [6.07, 6.45) is 6.62. The molecule has 1 saturated carbocycles. The first-order valence-electron chi connectivity index (χ1n) is 8.22. The highest BCUT2D eigenvalue weighted by Gasteiger charge is 2.20. The monoisotopic (exact) mass is 288 g/mol. The number of amides is 1. The van der Waals surface area contributed by atoms with Crippen LogP contribution < -0.4 is 11.1 Å². The van der Waals surface area contributed by atoms with E-state index in [0.717, 1.165) is 18.9 Å². The fourth-order valence-electron chi connectivity index (χ4n) is 3.01. The second-order valence-electron chi connectivity index (χ2n) is 6.50. The van der Waals surface area contributed by atoms with Gasteiger partial charge in [-0.1, -0.05) is 50.1 Å². The summed E-state index contributed by atoms with van der Waals surface area (Å²) in [5, 5.41) is 3.04. The van der Waals surface area contributed by atoms with Gasteiger partial charge < -0.3 is 11.1 Å². The Morgan fingerprint density at radius 2 is 1.90 bits per heavy atom. The van der Waals surface area contributed by atoms with Crippen LogP contribution in [0.15, 0.2) is 30.3 Å². The highest BCUT2D eigenvalue weighted by molar-refractivity contribution is 5.81. The van der Waals surface area contributed by atoms with Gasteiger partial charge >= 0.3 is 0 Å². The Balaban J connectivity index is 1.65. The molecule has 0 saturated heterocycles. The fraction of sp³-hybridized carbons (Fsp3) is 0.611. The van der Waals surface area contributed by atoms with E-state index in [4.69, 9.17) is 5.73 Å². The van der Waals surface area contributed by atoms with Gasteiger partial charge in [0, 0.05) is 6.54 Å². The van der Waals surface area contributed by atoms with Crippen molar-refractivity contribution < 1.29 is 4.79 Å². The molecule has 1 aromatic rings. The van der Waals surface area contributed by atoms with E-state index in [1.54, 1.807) is 0 Å². The molecule has 21 heavy (non-hydrogen) atoms. The number of hydrogen-bond donors (Lipinski definition) is 2. The van der Waals surface area contributed by atoms with E-state index in [1.807, 2.05) is 18.2 Å². The third-order valence-electron chi connectivity index (χ3n) is 4.62. The maximum Gasteiger partial charge on any atom is 0.236 e. The van der Waals surface area contributed by atoms with Gasteiger partial charge in [0.05, 0.1) is 6.04 Å². The van der Waals surface area contributed by atoms with E-state index in [1.165, 1.54) is 31.2 Å². The molecule has 3 N–H and O–H groups in total. The molecule has 1 aliphatic rings. The number of carbonyl (C=O) groups is 1. The summed E-state index contributed by atoms with van der Waals surface area (Å²) in [6, 6.07) is 9.80. The highest BCUT2D eigenvalue weighted by Crippen LogP contribution is 2.27. The van der Waals surface area contributed by atoms with E-state index in [9.17, 15) is 4.79 Å². The second-order valence-corrected chi connectivity index (χ2v) is 6.50. The van der Waals surface area contributed by atoms with Gasteiger partial charge in [0.25, 0.3) is 0 Å². The maximum absolute atomic E-state index is 12.0. The molecule has 1 amide bonds. The van der Waals surface area contributed by atoms with Crippen molar-refractivity contribution in [2.24, 2.45) is 17.6 Å². The summed E-state index contributed by atoms with van der Waals surface area (Å²) in [6.45, 7) is 3.11. The summed E-state index contributed by atoms with van der Waals surface area (Å²) in [7, 11) is 0. The Kier molecular flexibility index (Phi) is 6.24. The Morgan fingerprint density at radius 1 is 1.24 bits per heavy atom. The number of nitrogens with one attached hydrogen (secondary N) is 1. The molecule has 1 atom stereocenters. The van der Waals surface area contributed by atoms with Crippen LogP contribution in [0.1, 0.15) is 44.6 Å². The largest absolute Gasteiger partial charge is 0.354 e. The first-order chi connectivity index (χ1) is 10.1. The Bertz CT molecular complexity index is 424. The molecular formula is C18H28N2O. The first kappa shape index (κ1) is 16.0. The van der Waals surface area contributed by atoms with Crippen LogP contribution in [0.4, 0.5) is 0 Å². The van der Waals surface area contributed by atoms with Gasteiger partial charge in [0.15, 0.2) is 0 Å². The van der Waals surface area contributed by atoms with Crippen LogP contribution in [0.2, 0.25) is 0 Å². The molecule has 1 aliphatic carbocycles. The summed E-state index contributed by atoms with van der Waals surface area (Å²) in [4.78, 5) is 12.0. The molecule has 1 fully saturated rings. The molecule has 3 nitrogen and oxygen atoms in total. The van der Waals surface area contributed by atoms with Gasteiger partial charge in [-0.15, -0.1) is 0 Å². The smallest absolute Gasteiger partial charge is 0.236 e. The first-order valence-corrected chi connectivity index (χ1v) is 8.22. The van der Waals surface area contributed by atoms with E-state index in [0.29, 0.717) is 12.3 Å². The highest BCUT2D eigenvalue weighted by atomic mass is 16.2. The lowest BCUT2D eigenvalue weighted by Crippen LogP contribution is -2.43. The Hall–Kier alpha value is -1.35. The standard InChI is InChI=1S/C18H28N2O/c1-14-7-9-16(10-8-14)13-20-18(21)17(19)12-11-15-5-3-2-4-6-15/h2-6,14,16-17H,7-13,19H2,1H3,(H,20,21). The van der Waals surface area contributed by atoms with E-state index in [-0.39, 0.29) is 5.91 Å². The van der Waals surface area contributed by atoms with Gasteiger partial charge in [0.2, 0.25) is 5.91 Å². The molecule has 0 bridgehead atoms. The molecule has 116 valence electrons. The van der Waals surface area contributed by atoms with Crippen molar-refractivity contribution in [3.63, 3.8) is 0 Å². The van der Waals surface area contributed by atoms with Crippen molar-refractivity contribution >= 4 is 5.91 Å². The third kappa shape index (κ3) is 5.50. The predicted molar refractivity (Wildman–Crippen MR) is 86.9 cm³/mol. The van der Waals surface area contributed by atoms with Crippen LogP contribution in [-0.4, -0.2) is 18.5 Å². The van der Waals surface area contributed by atoms with Crippen molar-refractivity contribution in [3.05, 3.63) is 35.9 Å². The average Bonchev–Trinajstić information content (AvgIpc) is 2.52. The Morgan fingerprint density at radius 3 is 2.57 bits per heavy atom. The van der Waals surface area contributed by atoms with Gasteiger partial charge in [-0.2, -0.15) is 0 Å². The molecule has 0 radical (unpaired) electrons. The number of hydrogen-bond acceptors (Lipinski definition) is 2. The second kappa shape index (κ2) is 8.18. The number of aryl methyl sites for hydroxylation is 1. The molecule has 0 spiro atoms. The molecule has 3 heteroatoms. The number of benzene rings is 1. The van der Waals surface area contributed by atoms with Crippen molar-refractivity contribution in [1.29, 1.82) is 0 Å². The lowest BCUT2D eigenvalue weighted by atomic mass is 9.83. The quantitative estimate of drug-likeness (QED) is 0.845. The van der Waals surface area contributed by atoms with Crippen LogP contribution >= 0.6 is 0 Å². The van der Waals surface area contributed by atoms with Crippen LogP contribution in [0, 0.1) is 11.8 Å². The SMILES string of the molecule is CC1CCC(CNC(=O)C(N)CCc2ccccc2)CC1. The minimum atomic E-state index is -0.396. The zero-order chi connectivity index (χ0) is 15.1. The normalized spacial score (nSPS) is 23.5. The zero-order valence-electron chi connectivity index (χ0n) is 13.1. The van der Waals surface area contributed by atoms with E-state index in [2.05, 4.69) is 24.4 Å². The van der Waals surface area contributed by atoms with Gasteiger partial charge in [-0.25, -0.2) is 0 Å².